The predicted molar refractivity (Wildman–Crippen MR) is 104 cm³/mol. The topological polar surface area (TPSA) is 62.5 Å². The van der Waals surface area contributed by atoms with Crippen LogP contribution in [0, 0.1) is 20.8 Å². The highest BCUT2D eigenvalue weighted by Gasteiger charge is 2.08. The summed E-state index contributed by atoms with van der Waals surface area (Å²) in [6, 6.07) is 8.45. The van der Waals surface area contributed by atoms with Gasteiger partial charge in [0.25, 0.3) is 0 Å². The number of nitrogens with one attached hydrogen (secondary N) is 2. The minimum absolute atomic E-state index is 0. The summed E-state index contributed by atoms with van der Waals surface area (Å²) < 4.78 is 5.17. The lowest BCUT2D eigenvalue weighted by molar-refractivity contribution is 0.392. The van der Waals surface area contributed by atoms with Crippen molar-refractivity contribution in [1.29, 1.82) is 0 Å². The van der Waals surface area contributed by atoms with Gasteiger partial charge in [-0.3, -0.25) is 4.99 Å². The van der Waals surface area contributed by atoms with Crippen LogP contribution in [-0.4, -0.2) is 24.7 Å². The third-order valence-corrected chi connectivity index (χ3v) is 3.61. The summed E-state index contributed by atoms with van der Waals surface area (Å²) in [5.74, 6) is 1.69. The van der Waals surface area contributed by atoms with Crippen LogP contribution in [0.15, 0.2) is 33.8 Å². The van der Waals surface area contributed by atoms with E-state index in [1.807, 2.05) is 13.8 Å². The van der Waals surface area contributed by atoms with Gasteiger partial charge >= 0.3 is 0 Å². The molecule has 5 nitrogen and oxygen atoms in total. The number of rotatable bonds is 5. The summed E-state index contributed by atoms with van der Waals surface area (Å²) in [5.41, 5.74) is 4.64. The van der Waals surface area contributed by atoms with E-state index in [2.05, 4.69) is 52.0 Å². The fourth-order valence-electron chi connectivity index (χ4n) is 2.39. The number of guanidine groups is 1. The first-order valence-corrected chi connectivity index (χ1v) is 7.52. The molecule has 0 unspecified atom stereocenters. The summed E-state index contributed by atoms with van der Waals surface area (Å²) in [7, 11) is 1.78. The van der Waals surface area contributed by atoms with Crippen LogP contribution in [0.5, 0.6) is 0 Å². The van der Waals surface area contributed by atoms with Crippen LogP contribution < -0.4 is 10.6 Å². The third-order valence-electron chi connectivity index (χ3n) is 3.61. The fourth-order valence-corrected chi connectivity index (χ4v) is 2.39. The lowest BCUT2D eigenvalue weighted by atomic mass is 10.1. The average Bonchev–Trinajstić information content (AvgIpc) is 2.82. The van der Waals surface area contributed by atoms with Crippen molar-refractivity contribution in [3.8, 4) is 0 Å². The van der Waals surface area contributed by atoms with Crippen LogP contribution in [-0.2, 0) is 13.0 Å². The summed E-state index contributed by atoms with van der Waals surface area (Å²) in [4.78, 5) is 4.24. The Kier molecular flexibility index (Phi) is 8.08. The Bertz CT molecular complexity index is 632. The first-order chi connectivity index (χ1) is 10.6. The predicted octanol–water partition coefficient (Wildman–Crippen LogP) is 3.13. The molecule has 0 saturated carbocycles. The number of hydrogen-bond donors (Lipinski definition) is 2. The maximum atomic E-state index is 5.17. The summed E-state index contributed by atoms with van der Waals surface area (Å²) in [6.45, 7) is 7.56. The van der Waals surface area contributed by atoms with Gasteiger partial charge in [0, 0.05) is 25.7 Å². The van der Waals surface area contributed by atoms with Gasteiger partial charge in [0.05, 0.1) is 5.69 Å². The van der Waals surface area contributed by atoms with E-state index in [9.17, 15) is 0 Å². The Labute approximate surface area is 155 Å². The lowest BCUT2D eigenvalue weighted by Crippen LogP contribution is -2.37. The van der Waals surface area contributed by atoms with Gasteiger partial charge in [0.15, 0.2) is 5.96 Å². The number of aliphatic imine (C=N–C) groups is 1. The third kappa shape index (κ3) is 5.85. The van der Waals surface area contributed by atoms with Gasteiger partial charge in [0.2, 0.25) is 0 Å². The molecule has 1 aromatic heterocycles. The molecule has 0 bridgehead atoms. The number of aromatic nitrogens is 1. The van der Waals surface area contributed by atoms with Gasteiger partial charge in [-0.05, 0) is 32.8 Å². The number of halogens is 1. The van der Waals surface area contributed by atoms with E-state index in [1.54, 1.807) is 7.05 Å². The van der Waals surface area contributed by atoms with E-state index in [0.717, 1.165) is 36.9 Å². The molecule has 0 saturated heterocycles. The molecule has 0 amide bonds. The van der Waals surface area contributed by atoms with Crippen LogP contribution in [0.2, 0.25) is 0 Å². The Morgan fingerprint density at radius 2 is 2.00 bits per heavy atom. The lowest BCUT2D eigenvalue weighted by Gasteiger charge is -2.12. The second kappa shape index (κ2) is 9.54. The molecule has 23 heavy (non-hydrogen) atoms. The first kappa shape index (κ1) is 19.5. The van der Waals surface area contributed by atoms with Gasteiger partial charge in [0.1, 0.15) is 5.76 Å². The molecule has 2 N–H and O–H groups in total. The van der Waals surface area contributed by atoms with Gasteiger partial charge < -0.3 is 15.2 Å². The van der Waals surface area contributed by atoms with Gasteiger partial charge in [-0.2, -0.15) is 0 Å². The molecule has 0 radical (unpaired) electrons. The number of aryl methyl sites for hydroxylation is 3. The monoisotopic (exact) mass is 428 g/mol. The molecule has 0 aliphatic rings. The Hall–Kier alpha value is -1.57. The number of hydrogen-bond acceptors (Lipinski definition) is 3. The fraction of sp³-hybridized carbons (Fsp3) is 0.412. The molecule has 126 valence electrons. The molecular weight excluding hydrogens is 403 g/mol. The molecule has 1 aromatic carbocycles. The highest BCUT2D eigenvalue weighted by molar-refractivity contribution is 14.0. The second-order valence-corrected chi connectivity index (χ2v) is 5.39. The quantitative estimate of drug-likeness (QED) is 0.437. The van der Waals surface area contributed by atoms with E-state index in [-0.39, 0.29) is 24.0 Å². The smallest absolute Gasteiger partial charge is 0.191 e. The zero-order valence-corrected chi connectivity index (χ0v) is 16.5. The Morgan fingerprint density at radius 1 is 1.22 bits per heavy atom. The van der Waals surface area contributed by atoms with Crippen molar-refractivity contribution in [3.63, 3.8) is 0 Å². The Morgan fingerprint density at radius 3 is 2.61 bits per heavy atom. The Balaban J connectivity index is 0.00000264. The van der Waals surface area contributed by atoms with Crippen molar-refractivity contribution >= 4 is 29.9 Å². The van der Waals surface area contributed by atoms with E-state index in [0.29, 0.717) is 0 Å². The second-order valence-electron chi connectivity index (χ2n) is 5.39. The van der Waals surface area contributed by atoms with Crippen molar-refractivity contribution in [2.24, 2.45) is 4.99 Å². The van der Waals surface area contributed by atoms with Gasteiger partial charge in [-0.15, -0.1) is 24.0 Å². The molecular formula is C17H25IN4O. The molecule has 0 fully saturated rings. The summed E-state index contributed by atoms with van der Waals surface area (Å²) in [5, 5.41) is 10.6. The van der Waals surface area contributed by atoms with E-state index < -0.39 is 0 Å². The molecule has 6 heteroatoms. The maximum absolute atomic E-state index is 5.17. The van der Waals surface area contributed by atoms with Crippen LogP contribution in [0.25, 0.3) is 0 Å². The largest absolute Gasteiger partial charge is 0.361 e. The van der Waals surface area contributed by atoms with Crippen molar-refractivity contribution in [1.82, 2.24) is 15.8 Å². The maximum Gasteiger partial charge on any atom is 0.191 e. The highest BCUT2D eigenvalue weighted by Crippen LogP contribution is 2.12. The molecule has 0 atom stereocenters. The summed E-state index contributed by atoms with van der Waals surface area (Å²) in [6.07, 6.45) is 0.867. The minimum Gasteiger partial charge on any atom is -0.361 e. The highest BCUT2D eigenvalue weighted by atomic mass is 127. The molecule has 0 spiro atoms. The van der Waals surface area contributed by atoms with Crippen LogP contribution in [0.4, 0.5) is 0 Å². The van der Waals surface area contributed by atoms with E-state index in [4.69, 9.17) is 4.52 Å². The van der Waals surface area contributed by atoms with Crippen molar-refractivity contribution < 1.29 is 4.52 Å². The van der Waals surface area contributed by atoms with Crippen LogP contribution in [0.3, 0.4) is 0 Å². The van der Waals surface area contributed by atoms with Gasteiger partial charge in [-0.1, -0.05) is 35.0 Å². The average molecular weight is 428 g/mol. The number of nitrogens with zero attached hydrogens (tertiary/aromatic N) is 2. The minimum atomic E-state index is 0. The summed E-state index contributed by atoms with van der Waals surface area (Å²) >= 11 is 0. The normalized spacial score (nSPS) is 11.0. The van der Waals surface area contributed by atoms with E-state index >= 15 is 0 Å². The van der Waals surface area contributed by atoms with Crippen LogP contribution >= 0.6 is 24.0 Å². The van der Waals surface area contributed by atoms with Crippen molar-refractivity contribution in [2.45, 2.75) is 33.7 Å². The van der Waals surface area contributed by atoms with E-state index in [1.165, 1.54) is 16.7 Å². The zero-order chi connectivity index (χ0) is 15.9. The zero-order valence-electron chi connectivity index (χ0n) is 14.1. The molecule has 2 rings (SSSR count). The molecule has 0 aliphatic heterocycles. The van der Waals surface area contributed by atoms with Gasteiger partial charge in [-0.25, -0.2) is 0 Å². The van der Waals surface area contributed by atoms with Crippen molar-refractivity contribution in [3.05, 3.63) is 52.4 Å². The SMILES string of the molecule is CN=C(NCCc1c(C)noc1C)NCc1cccc(C)c1.I. The standard InChI is InChI=1S/C17H24N4O.HI/c1-12-6-5-7-15(10-12)11-20-17(18-4)19-9-8-16-13(2)21-22-14(16)3;/h5-7,10H,8-9,11H2,1-4H3,(H2,18,19,20);1H. The van der Waals surface area contributed by atoms with Crippen molar-refractivity contribution in [2.75, 3.05) is 13.6 Å². The molecule has 1 heterocycles. The van der Waals surface area contributed by atoms with Crippen LogP contribution in [0.1, 0.15) is 28.1 Å². The number of benzene rings is 1. The molecule has 2 aromatic rings. The first-order valence-electron chi connectivity index (χ1n) is 7.52. The molecule has 0 aliphatic carbocycles.